The van der Waals surface area contributed by atoms with Gasteiger partial charge in [0.2, 0.25) is 5.91 Å². The van der Waals surface area contributed by atoms with Crippen LogP contribution >= 0.6 is 0 Å². The van der Waals surface area contributed by atoms with Crippen LogP contribution in [0.5, 0.6) is 5.75 Å². The lowest BCUT2D eigenvalue weighted by Gasteiger charge is -2.14. The number of carboxylic acids is 1. The Morgan fingerprint density at radius 2 is 2.00 bits per heavy atom. The number of halogens is 1. The zero-order valence-electron chi connectivity index (χ0n) is 14.8. The molecule has 0 spiro atoms. The summed E-state index contributed by atoms with van der Waals surface area (Å²) in [6.07, 6.45) is 0.974. The highest BCUT2D eigenvalue weighted by molar-refractivity contribution is 5.88. The summed E-state index contributed by atoms with van der Waals surface area (Å²) in [4.78, 5) is 23.2. The van der Waals surface area contributed by atoms with Gasteiger partial charge in [0.25, 0.3) is 0 Å². The van der Waals surface area contributed by atoms with Crippen molar-refractivity contribution in [2.45, 2.75) is 19.8 Å². The van der Waals surface area contributed by atoms with Crippen molar-refractivity contribution < 1.29 is 23.8 Å². The fraction of sp³-hybridized carbons (Fsp3) is 0.300. The van der Waals surface area contributed by atoms with Crippen LogP contribution in [0.25, 0.3) is 0 Å². The van der Waals surface area contributed by atoms with E-state index in [1.807, 2.05) is 0 Å². The number of methoxy groups -OCH3 is 1. The molecule has 0 aliphatic carbocycles. The first kappa shape index (κ1) is 19.4. The number of ether oxygens (including phenoxy) is 1. The lowest BCUT2D eigenvalue weighted by molar-refractivity contribution is -0.124. The van der Waals surface area contributed by atoms with Crippen molar-refractivity contribution in [2.24, 2.45) is 5.92 Å². The van der Waals surface area contributed by atoms with Gasteiger partial charge in [-0.1, -0.05) is 25.1 Å². The summed E-state index contributed by atoms with van der Waals surface area (Å²) in [6.45, 7) is 2.19. The molecule has 2 aromatic carbocycles. The first-order valence-electron chi connectivity index (χ1n) is 8.33. The van der Waals surface area contributed by atoms with E-state index in [0.29, 0.717) is 25.1 Å². The van der Waals surface area contributed by atoms with E-state index in [1.165, 1.54) is 31.4 Å². The van der Waals surface area contributed by atoms with Crippen molar-refractivity contribution in [3.8, 4) is 5.75 Å². The van der Waals surface area contributed by atoms with Crippen LogP contribution in [0.1, 0.15) is 28.4 Å². The van der Waals surface area contributed by atoms with Gasteiger partial charge in [0.15, 0.2) is 0 Å². The Morgan fingerprint density at radius 3 is 2.65 bits per heavy atom. The van der Waals surface area contributed by atoms with Crippen molar-refractivity contribution >= 4 is 11.9 Å². The second-order valence-electron chi connectivity index (χ2n) is 6.11. The van der Waals surface area contributed by atoms with Crippen LogP contribution < -0.4 is 10.1 Å². The quantitative estimate of drug-likeness (QED) is 0.760. The molecule has 0 saturated heterocycles. The van der Waals surface area contributed by atoms with Gasteiger partial charge in [0.1, 0.15) is 11.6 Å². The molecular formula is C20H22FNO4. The molecule has 2 rings (SSSR count). The Balaban J connectivity index is 1.88. The van der Waals surface area contributed by atoms with E-state index in [4.69, 9.17) is 9.84 Å². The maximum Gasteiger partial charge on any atom is 0.335 e. The van der Waals surface area contributed by atoms with Crippen LogP contribution in [0, 0.1) is 11.7 Å². The Labute approximate surface area is 151 Å². The molecule has 138 valence electrons. The second kappa shape index (κ2) is 8.99. The van der Waals surface area contributed by atoms with E-state index in [0.717, 1.165) is 11.1 Å². The molecule has 0 fully saturated rings. The number of hydrogen-bond donors (Lipinski definition) is 2. The van der Waals surface area contributed by atoms with Gasteiger partial charge in [-0.15, -0.1) is 0 Å². The molecule has 1 unspecified atom stereocenters. The highest BCUT2D eigenvalue weighted by atomic mass is 19.1. The predicted molar refractivity (Wildman–Crippen MR) is 95.9 cm³/mol. The Kier molecular flexibility index (Phi) is 6.72. The molecule has 6 heteroatoms. The lowest BCUT2D eigenvalue weighted by Crippen LogP contribution is -2.32. The van der Waals surface area contributed by atoms with Crippen LogP contribution in [-0.4, -0.2) is 30.6 Å². The van der Waals surface area contributed by atoms with Crippen molar-refractivity contribution in [3.05, 3.63) is 65.0 Å². The van der Waals surface area contributed by atoms with E-state index in [1.54, 1.807) is 25.1 Å². The predicted octanol–water partition coefficient (Wildman–Crippen LogP) is 3.07. The molecule has 0 bridgehead atoms. The number of carbonyl (C=O) groups is 2. The molecule has 0 aromatic heterocycles. The highest BCUT2D eigenvalue weighted by Gasteiger charge is 2.14. The number of carbonyl (C=O) groups excluding carboxylic acids is 1. The first-order chi connectivity index (χ1) is 12.4. The van der Waals surface area contributed by atoms with Crippen LogP contribution in [0.15, 0.2) is 42.5 Å². The van der Waals surface area contributed by atoms with Crippen molar-refractivity contribution in [1.82, 2.24) is 5.32 Å². The number of carboxylic acid groups (broad SMARTS) is 1. The van der Waals surface area contributed by atoms with Crippen molar-refractivity contribution in [3.63, 3.8) is 0 Å². The fourth-order valence-electron chi connectivity index (χ4n) is 2.69. The van der Waals surface area contributed by atoms with E-state index in [2.05, 4.69) is 5.32 Å². The normalized spacial score (nSPS) is 11.7. The molecule has 1 atom stereocenters. The molecule has 0 aliphatic rings. The standard InChI is InChI=1S/C20H22FNO4/c1-13(10-14-4-3-5-17(21)11-14)19(23)22-9-8-15-6-7-16(20(24)25)12-18(15)26-2/h3-7,11-13H,8-10H2,1-2H3,(H,22,23)(H,24,25). The molecule has 0 saturated carbocycles. The minimum absolute atomic E-state index is 0.115. The van der Waals surface area contributed by atoms with Gasteiger partial charge >= 0.3 is 5.97 Å². The molecule has 2 N–H and O–H groups in total. The third-order valence-electron chi connectivity index (χ3n) is 4.11. The third kappa shape index (κ3) is 5.31. The minimum atomic E-state index is -1.02. The van der Waals surface area contributed by atoms with E-state index >= 15 is 0 Å². The van der Waals surface area contributed by atoms with Crippen LogP contribution in [0.4, 0.5) is 4.39 Å². The first-order valence-corrected chi connectivity index (χ1v) is 8.33. The van der Waals surface area contributed by atoms with Gasteiger partial charge in [-0.25, -0.2) is 9.18 Å². The minimum Gasteiger partial charge on any atom is -0.496 e. The number of benzene rings is 2. The lowest BCUT2D eigenvalue weighted by atomic mass is 10.00. The van der Waals surface area contributed by atoms with Gasteiger partial charge < -0.3 is 15.2 Å². The van der Waals surface area contributed by atoms with Crippen molar-refractivity contribution in [2.75, 3.05) is 13.7 Å². The summed E-state index contributed by atoms with van der Waals surface area (Å²) in [7, 11) is 1.48. The number of hydrogen-bond acceptors (Lipinski definition) is 3. The number of nitrogens with one attached hydrogen (secondary N) is 1. The summed E-state index contributed by atoms with van der Waals surface area (Å²) >= 11 is 0. The zero-order valence-corrected chi connectivity index (χ0v) is 14.8. The smallest absolute Gasteiger partial charge is 0.335 e. The summed E-state index contributed by atoms with van der Waals surface area (Å²) in [6, 6.07) is 10.9. The van der Waals surface area contributed by atoms with Gasteiger partial charge in [-0.2, -0.15) is 0 Å². The maximum atomic E-state index is 13.2. The van der Waals surface area contributed by atoms with E-state index in [9.17, 15) is 14.0 Å². The Bertz CT molecular complexity index is 791. The summed E-state index contributed by atoms with van der Waals surface area (Å²) in [5, 5.41) is 11.9. The molecular weight excluding hydrogens is 337 g/mol. The monoisotopic (exact) mass is 359 g/mol. The second-order valence-corrected chi connectivity index (χ2v) is 6.11. The van der Waals surface area contributed by atoms with Crippen LogP contribution in [0.3, 0.4) is 0 Å². The van der Waals surface area contributed by atoms with Crippen LogP contribution in [-0.2, 0) is 17.6 Å². The maximum absolute atomic E-state index is 13.2. The number of rotatable bonds is 8. The van der Waals surface area contributed by atoms with Crippen molar-refractivity contribution in [1.29, 1.82) is 0 Å². The molecule has 0 radical (unpaired) electrons. The number of amides is 1. The van der Waals surface area contributed by atoms with Gasteiger partial charge in [0.05, 0.1) is 12.7 Å². The molecule has 0 aliphatic heterocycles. The Hall–Kier alpha value is -2.89. The molecule has 1 amide bonds. The summed E-state index contributed by atoms with van der Waals surface area (Å²) in [5.41, 5.74) is 1.74. The van der Waals surface area contributed by atoms with Gasteiger partial charge in [0, 0.05) is 12.5 Å². The van der Waals surface area contributed by atoms with E-state index in [-0.39, 0.29) is 23.2 Å². The largest absolute Gasteiger partial charge is 0.496 e. The highest BCUT2D eigenvalue weighted by Crippen LogP contribution is 2.20. The van der Waals surface area contributed by atoms with Gasteiger partial charge in [-0.3, -0.25) is 4.79 Å². The average Bonchev–Trinajstić information content (AvgIpc) is 2.61. The SMILES string of the molecule is COc1cc(C(=O)O)ccc1CCNC(=O)C(C)Cc1cccc(F)c1. The summed E-state index contributed by atoms with van der Waals surface area (Å²) < 4.78 is 18.4. The third-order valence-corrected chi connectivity index (χ3v) is 4.11. The van der Waals surface area contributed by atoms with E-state index < -0.39 is 5.97 Å². The molecule has 5 nitrogen and oxygen atoms in total. The fourth-order valence-corrected chi connectivity index (χ4v) is 2.69. The zero-order chi connectivity index (χ0) is 19.1. The topological polar surface area (TPSA) is 75.6 Å². The Morgan fingerprint density at radius 1 is 1.23 bits per heavy atom. The molecule has 26 heavy (non-hydrogen) atoms. The van der Waals surface area contributed by atoms with Crippen LogP contribution in [0.2, 0.25) is 0 Å². The molecule has 0 heterocycles. The number of aromatic carboxylic acids is 1. The van der Waals surface area contributed by atoms with Gasteiger partial charge in [-0.05, 0) is 48.2 Å². The summed E-state index contributed by atoms with van der Waals surface area (Å²) in [5.74, 6) is -1.25. The average molecular weight is 359 g/mol. The molecule has 2 aromatic rings.